The van der Waals surface area contributed by atoms with E-state index in [-0.39, 0.29) is 5.41 Å². The van der Waals surface area contributed by atoms with Gasteiger partial charge in [-0.25, -0.2) is 4.98 Å². The lowest BCUT2D eigenvalue weighted by molar-refractivity contribution is 0.901. The fourth-order valence-corrected chi connectivity index (χ4v) is 3.09. The van der Waals surface area contributed by atoms with Crippen LogP contribution in [0.2, 0.25) is 0 Å². The van der Waals surface area contributed by atoms with Crippen LogP contribution in [0.25, 0.3) is 5.65 Å². The third kappa shape index (κ3) is 1.56. The van der Waals surface area contributed by atoms with Crippen molar-refractivity contribution < 1.29 is 0 Å². The minimum Gasteiger partial charge on any atom is -0.295 e. The van der Waals surface area contributed by atoms with Gasteiger partial charge in [-0.3, -0.25) is 4.40 Å². The van der Waals surface area contributed by atoms with Crippen molar-refractivity contribution in [3.8, 4) is 6.07 Å². The summed E-state index contributed by atoms with van der Waals surface area (Å²) in [6.07, 6.45) is 4.95. The molecule has 0 aliphatic heterocycles. The van der Waals surface area contributed by atoms with Gasteiger partial charge in [-0.05, 0) is 59.5 Å². The first kappa shape index (κ1) is 11.0. The number of aromatic nitrogens is 2. The maximum absolute atomic E-state index is 9.21. The van der Waals surface area contributed by atoms with Crippen molar-refractivity contribution in [3.05, 3.63) is 33.3 Å². The minimum absolute atomic E-state index is 0.217. The van der Waals surface area contributed by atoms with Crippen LogP contribution in [0.4, 0.5) is 0 Å². The molecule has 3 nitrogen and oxygen atoms in total. The van der Waals surface area contributed by atoms with Crippen LogP contribution in [-0.4, -0.2) is 9.38 Å². The molecule has 0 unspecified atom stereocenters. The minimum atomic E-state index is -0.217. The van der Waals surface area contributed by atoms with Gasteiger partial charge in [0.2, 0.25) is 0 Å². The molecule has 17 heavy (non-hydrogen) atoms. The Labute approximate surface area is 114 Å². The van der Waals surface area contributed by atoms with Crippen LogP contribution < -0.4 is 0 Å². The van der Waals surface area contributed by atoms with Gasteiger partial charge in [0.25, 0.3) is 0 Å². The van der Waals surface area contributed by atoms with E-state index >= 15 is 0 Å². The van der Waals surface area contributed by atoms with E-state index in [9.17, 15) is 5.26 Å². The van der Waals surface area contributed by atoms with Crippen LogP contribution in [0.3, 0.4) is 0 Å². The molecule has 1 fully saturated rings. The first-order valence-corrected chi connectivity index (χ1v) is 6.86. The van der Waals surface area contributed by atoms with Gasteiger partial charge in [-0.15, -0.1) is 0 Å². The highest BCUT2D eigenvalue weighted by molar-refractivity contribution is 14.1. The van der Waals surface area contributed by atoms with Crippen LogP contribution >= 0.6 is 22.6 Å². The molecular formula is C13H12IN3. The monoisotopic (exact) mass is 337 g/mol. The van der Waals surface area contributed by atoms with E-state index < -0.39 is 0 Å². The SMILES string of the molecule is CCc1nc2cc(C3(C#N)CC3)ccn2c1I. The summed E-state index contributed by atoms with van der Waals surface area (Å²) in [7, 11) is 0. The summed E-state index contributed by atoms with van der Waals surface area (Å²) in [6, 6.07) is 6.56. The number of nitriles is 1. The van der Waals surface area contributed by atoms with Gasteiger partial charge in [0, 0.05) is 6.20 Å². The van der Waals surface area contributed by atoms with E-state index in [4.69, 9.17) is 0 Å². The second-order valence-corrected chi connectivity index (χ2v) is 5.56. The van der Waals surface area contributed by atoms with Crippen molar-refractivity contribution in [2.45, 2.75) is 31.6 Å². The van der Waals surface area contributed by atoms with E-state index in [0.29, 0.717) is 0 Å². The van der Waals surface area contributed by atoms with E-state index in [1.54, 1.807) is 0 Å². The number of aryl methyl sites for hydroxylation is 1. The Bertz CT molecular complexity index is 632. The number of rotatable bonds is 2. The van der Waals surface area contributed by atoms with Gasteiger partial charge in [0.1, 0.15) is 9.35 Å². The predicted octanol–water partition coefficient (Wildman–Crippen LogP) is 3.06. The lowest BCUT2D eigenvalue weighted by Gasteiger charge is -2.06. The molecule has 0 saturated heterocycles. The van der Waals surface area contributed by atoms with Crippen LogP contribution in [-0.2, 0) is 11.8 Å². The van der Waals surface area contributed by atoms with Crippen molar-refractivity contribution >= 4 is 28.2 Å². The molecule has 2 heterocycles. The number of hydrogen-bond donors (Lipinski definition) is 0. The molecule has 3 rings (SSSR count). The highest BCUT2D eigenvalue weighted by atomic mass is 127. The average molecular weight is 337 g/mol. The zero-order valence-electron chi connectivity index (χ0n) is 9.57. The highest BCUT2D eigenvalue weighted by Crippen LogP contribution is 2.47. The Morgan fingerprint density at radius 2 is 2.35 bits per heavy atom. The quantitative estimate of drug-likeness (QED) is 0.791. The number of hydrogen-bond acceptors (Lipinski definition) is 2. The smallest absolute Gasteiger partial charge is 0.138 e. The van der Waals surface area contributed by atoms with E-state index in [2.05, 4.69) is 57.1 Å². The number of imidazole rings is 1. The largest absolute Gasteiger partial charge is 0.295 e. The molecule has 0 atom stereocenters. The van der Waals surface area contributed by atoms with Gasteiger partial charge in [-0.1, -0.05) is 6.92 Å². The fraction of sp³-hybridized carbons (Fsp3) is 0.385. The molecule has 1 aliphatic rings. The maximum atomic E-state index is 9.21. The first-order chi connectivity index (χ1) is 8.20. The van der Waals surface area contributed by atoms with Crippen LogP contribution in [0.1, 0.15) is 31.0 Å². The van der Waals surface area contributed by atoms with Crippen molar-refractivity contribution in [1.82, 2.24) is 9.38 Å². The van der Waals surface area contributed by atoms with Crippen LogP contribution in [0.5, 0.6) is 0 Å². The second kappa shape index (κ2) is 3.70. The normalized spacial score (nSPS) is 17.0. The molecule has 2 aromatic rings. The number of nitrogens with zero attached hydrogens (tertiary/aromatic N) is 3. The van der Waals surface area contributed by atoms with Crippen molar-refractivity contribution in [2.24, 2.45) is 0 Å². The molecule has 0 N–H and O–H groups in total. The lowest BCUT2D eigenvalue weighted by Crippen LogP contribution is -2.03. The second-order valence-electron chi connectivity index (χ2n) is 4.54. The number of pyridine rings is 1. The first-order valence-electron chi connectivity index (χ1n) is 5.78. The van der Waals surface area contributed by atoms with Gasteiger partial charge in [0.05, 0.1) is 17.2 Å². The number of fused-ring (bicyclic) bond motifs is 1. The molecule has 0 bridgehead atoms. The van der Waals surface area contributed by atoms with E-state index in [0.717, 1.165) is 36.2 Å². The summed E-state index contributed by atoms with van der Waals surface area (Å²) in [4.78, 5) is 4.61. The Hall–Kier alpha value is -1.09. The zero-order valence-corrected chi connectivity index (χ0v) is 11.7. The topological polar surface area (TPSA) is 41.1 Å². The summed E-state index contributed by atoms with van der Waals surface area (Å²) >= 11 is 2.33. The summed E-state index contributed by atoms with van der Waals surface area (Å²) in [6.45, 7) is 2.11. The molecule has 0 amide bonds. The standard InChI is InChI=1S/C13H12IN3/c1-2-10-12(14)17-6-3-9(7-11(17)16-10)13(8-15)4-5-13/h3,6-7H,2,4-5H2,1H3. The summed E-state index contributed by atoms with van der Waals surface area (Å²) < 4.78 is 3.27. The molecule has 4 heteroatoms. The van der Waals surface area contributed by atoms with Crippen LogP contribution in [0, 0.1) is 15.0 Å². The highest BCUT2D eigenvalue weighted by Gasteiger charge is 2.45. The molecule has 1 aliphatic carbocycles. The summed E-state index contributed by atoms with van der Waals surface area (Å²) in [5.74, 6) is 0. The average Bonchev–Trinajstić information content (AvgIpc) is 3.10. The van der Waals surface area contributed by atoms with E-state index in [1.165, 1.54) is 3.70 Å². The van der Waals surface area contributed by atoms with Gasteiger partial charge in [0.15, 0.2) is 0 Å². The van der Waals surface area contributed by atoms with Gasteiger partial charge in [-0.2, -0.15) is 5.26 Å². The molecule has 0 radical (unpaired) electrons. The predicted molar refractivity (Wildman–Crippen MR) is 73.8 cm³/mol. The molecule has 1 saturated carbocycles. The van der Waals surface area contributed by atoms with Gasteiger partial charge < -0.3 is 0 Å². The molecule has 2 aromatic heterocycles. The Balaban J connectivity index is 2.18. The maximum Gasteiger partial charge on any atom is 0.138 e. The lowest BCUT2D eigenvalue weighted by atomic mass is 9.99. The van der Waals surface area contributed by atoms with Crippen molar-refractivity contribution in [1.29, 1.82) is 5.26 Å². The Morgan fingerprint density at radius 1 is 1.59 bits per heavy atom. The Kier molecular flexibility index (Phi) is 2.40. The fourth-order valence-electron chi connectivity index (χ4n) is 2.18. The van der Waals surface area contributed by atoms with E-state index in [1.807, 2.05) is 6.20 Å². The molecule has 0 spiro atoms. The summed E-state index contributed by atoms with van der Waals surface area (Å²) in [5.41, 5.74) is 3.00. The molecule has 0 aromatic carbocycles. The van der Waals surface area contributed by atoms with Crippen molar-refractivity contribution in [2.75, 3.05) is 0 Å². The number of halogens is 1. The van der Waals surface area contributed by atoms with Crippen LogP contribution in [0.15, 0.2) is 18.3 Å². The molecule has 86 valence electrons. The summed E-state index contributed by atoms with van der Waals surface area (Å²) in [5, 5.41) is 9.21. The third-order valence-corrected chi connectivity index (χ3v) is 4.63. The van der Waals surface area contributed by atoms with Crippen molar-refractivity contribution in [3.63, 3.8) is 0 Å². The third-order valence-electron chi connectivity index (χ3n) is 3.49. The zero-order chi connectivity index (χ0) is 12.0. The molecular weight excluding hydrogens is 325 g/mol. The Morgan fingerprint density at radius 3 is 2.94 bits per heavy atom. The van der Waals surface area contributed by atoms with Gasteiger partial charge >= 0.3 is 0 Å².